The van der Waals surface area contributed by atoms with Crippen LogP contribution in [-0.2, 0) is 4.79 Å². The smallest absolute Gasteiger partial charge is 0.222 e. The van der Waals surface area contributed by atoms with Gasteiger partial charge in [0.25, 0.3) is 0 Å². The molecule has 1 aliphatic rings. The van der Waals surface area contributed by atoms with Gasteiger partial charge < -0.3 is 10.6 Å². The minimum absolute atomic E-state index is 0.213. The second-order valence-corrected chi connectivity index (χ2v) is 4.02. The lowest BCUT2D eigenvalue weighted by Gasteiger charge is -2.34. The number of nitrogens with two attached hydrogens (primary N) is 1. The Labute approximate surface area is 96.8 Å². The molecule has 16 heavy (non-hydrogen) atoms. The van der Waals surface area contributed by atoms with Gasteiger partial charge in [-0.2, -0.15) is 5.26 Å². The number of nitrogens with zero attached hydrogens (tertiary/aromatic N) is 3. The summed E-state index contributed by atoms with van der Waals surface area (Å²) in [4.78, 5) is 15.8. The van der Waals surface area contributed by atoms with Gasteiger partial charge in [0, 0.05) is 45.6 Å². The van der Waals surface area contributed by atoms with E-state index in [9.17, 15) is 4.79 Å². The Bertz CT molecular complexity index is 253. The monoisotopic (exact) mass is 224 g/mol. The first-order valence-corrected chi connectivity index (χ1v) is 5.85. The molecule has 1 heterocycles. The van der Waals surface area contributed by atoms with E-state index in [4.69, 9.17) is 11.0 Å². The maximum absolute atomic E-state index is 11.7. The number of carbonyl (C=O) groups excluding carboxylic acids is 1. The van der Waals surface area contributed by atoms with Crippen LogP contribution in [0.15, 0.2) is 0 Å². The third kappa shape index (κ3) is 4.17. The maximum atomic E-state index is 11.7. The van der Waals surface area contributed by atoms with E-state index in [0.717, 1.165) is 39.1 Å². The van der Waals surface area contributed by atoms with Crippen molar-refractivity contribution in [3.63, 3.8) is 0 Å². The lowest BCUT2D eigenvalue weighted by Crippen LogP contribution is -2.48. The van der Waals surface area contributed by atoms with Crippen LogP contribution in [0.3, 0.4) is 0 Å². The van der Waals surface area contributed by atoms with Gasteiger partial charge in [-0.15, -0.1) is 0 Å². The highest BCUT2D eigenvalue weighted by atomic mass is 16.2. The molecular formula is C11H20N4O. The molecule has 5 nitrogen and oxygen atoms in total. The molecule has 0 aromatic rings. The first-order valence-electron chi connectivity index (χ1n) is 5.85. The molecule has 1 amide bonds. The van der Waals surface area contributed by atoms with E-state index >= 15 is 0 Å². The molecule has 0 aliphatic carbocycles. The van der Waals surface area contributed by atoms with E-state index in [2.05, 4.69) is 11.0 Å². The van der Waals surface area contributed by atoms with Crippen LogP contribution in [0.25, 0.3) is 0 Å². The van der Waals surface area contributed by atoms with Crippen molar-refractivity contribution in [1.82, 2.24) is 9.80 Å². The van der Waals surface area contributed by atoms with Crippen LogP contribution < -0.4 is 5.73 Å². The highest BCUT2D eigenvalue weighted by Gasteiger charge is 2.19. The fourth-order valence-electron chi connectivity index (χ4n) is 1.84. The lowest BCUT2D eigenvalue weighted by molar-refractivity contribution is -0.133. The fourth-order valence-corrected chi connectivity index (χ4v) is 1.84. The van der Waals surface area contributed by atoms with E-state index in [-0.39, 0.29) is 5.91 Å². The predicted molar refractivity (Wildman–Crippen MR) is 61.5 cm³/mol. The largest absolute Gasteiger partial charge is 0.340 e. The van der Waals surface area contributed by atoms with Crippen LogP contribution >= 0.6 is 0 Å². The van der Waals surface area contributed by atoms with Gasteiger partial charge in [0.2, 0.25) is 5.91 Å². The number of carbonyl (C=O) groups is 1. The minimum Gasteiger partial charge on any atom is -0.340 e. The van der Waals surface area contributed by atoms with Gasteiger partial charge in [-0.25, -0.2) is 0 Å². The van der Waals surface area contributed by atoms with Crippen molar-refractivity contribution in [3.05, 3.63) is 0 Å². The van der Waals surface area contributed by atoms with Gasteiger partial charge in [-0.1, -0.05) is 0 Å². The number of hydrogen-bond donors (Lipinski definition) is 1. The number of rotatable bonds is 5. The van der Waals surface area contributed by atoms with Crippen molar-refractivity contribution in [2.24, 2.45) is 5.73 Å². The summed E-state index contributed by atoms with van der Waals surface area (Å²) >= 11 is 0. The minimum atomic E-state index is 0.213. The maximum Gasteiger partial charge on any atom is 0.222 e. The Morgan fingerprint density at radius 1 is 1.31 bits per heavy atom. The van der Waals surface area contributed by atoms with E-state index in [1.807, 2.05) is 4.90 Å². The van der Waals surface area contributed by atoms with Crippen molar-refractivity contribution >= 4 is 5.91 Å². The molecule has 5 heteroatoms. The zero-order valence-electron chi connectivity index (χ0n) is 9.69. The van der Waals surface area contributed by atoms with Gasteiger partial charge in [0.05, 0.1) is 6.07 Å². The molecular weight excluding hydrogens is 204 g/mol. The second-order valence-electron chi connectivity index (χ2n) is 4.02. The molecule has 0 unspecified atom stereocenters. The van der Waals surface area contributed by atoms with E-state index < -0.39 is 0 Å². The van der Waals surface area contributed by atoms with E-state index in [0.29, 0.717) is 19.4 Å². The topological polar surface area (TPSA) is 73.4 Å². The third-order valence-electron chi connectivity index (χ3n) is 2.86. The summed E-state index contributed by atoms with van der Waals surface area (Å²) in [6.45, 7) is 4.74. The molecule has 0 radical (unpaired) electrons. The molecule has 0 spiro atoms. The van der Waals surface area contributed by atoms with Gasteiger partial charge in [0.15, 0.2) is 0 Å². The van der Waals surface area contributed by atoms with Crippen LogP contribution in [0.1, 0.15) is 19.3 Å². The van der Waals surface area contributed by atoms with Crippen molar-refractivity contribution < 1.29 is 4.79 Å². The van der Waals surface area contributed by atoms with Crippen molar-refractivity contribution in [3.8, 4) is 6.07 Å². The van der Waals surface area contributed by atoms with Crippen molar-refractivity contribution in [2.45, 2.75) is 19.3 Å². The molecule has 0 saturated carbocycles. The highest BCUT2D eigenvalue weighted by molar-refractivity contribution is 5.76. The molecule has 1 saturated heterocycles. The van der Waals surface area contributed by atoms with Crippen LogP contribution in [-0.4, -0.2) is 55.0 Å². The first kappa shape index (κ1) is 12.9. The van der Waals surface area contributed by atoms with Gasteiger partial charge in [-0.3, -0.25) is 9.69 Å². The molecule has 1 rings (SSSR count). The standard InChI is InChI=1S/C11H20N4O/c12-4-1-3-11(16)15-9-7-14(8-10-15)6-2-5-13/h1-4,6-10,12H2. The van der Waals surface area contributed by atoms with Crippen LogP contribution in [0.2, 0.25) is 0 Å². The normalized spacial score (nSPS) is 17.1. The van der Waals surface area contributed by atoms with Crippen molar-refractivity contribution in [1.29, 1.82) is 5.26 Å². The Morgan fingerprint density at radius 3 is 2.56 bits per heavy atom. The predicted octanol–water partition coefficient (Wildman–Crippen LogP) is -0.217. The van der Waals surface area contributed by atoms with E-state index in [1.54, 1.807) is 0 Å². The Balaban J connectivity index is 2.21. The molecule has 0 bridgehead atoms. The fraction of sp³-hybridized carbons (Fsp3) is 0.818. The summed E-state index contributed by atoms with van der Waals surface area (Å²) in [5.74, 6) is 0.213. The van der Waals surface area contributed by atoms with Crippen LogP contribution in [0.4, 0.5) is 0 Å². The van der Waals surface area contributed by atoms with Crippen LogP contribution in [0, 0.1) is 11.3 Å². The summed E-state index contributed by atoms with van der Waals surface area (Å²) in [5.41, 5.74) is 5.37. The van der Waals surface area contributed by atoms with Crippen LogP contribution in [0.5, 0.6) is 0 Å². The highest BCUT2D eigenvalue weighted by Crippen LogP contribution is 2.05. The number of nitriles is 1. The Morgan fingerprint density at radius 2 is 2.00 bits per heavy atom. The zero-order chi connectivity index (χ0) is 11.8. The van der Waals surface area contributed by atoms with Gasteiger partial charge in [-0.05, 0) is 13.0 Å². The number of piperazine rings is 1. The molecule has 2 N–H and O–H groups in total. The molecule has 0 aromatic carbocycles. The van der Waals surface area contributed by atoms with E-state index in [1.165, 1.54) is 0 Å². The molecule has 1 aliphatic heterocycles. The number of amides is 1. The van der Waals surface area contributed by atoms with Gasteiger partial charge in [0.1, 0.15) is 0 Å². The first-order chi connectivity index (χ1) is 7.77. The number of hydrogen-bond acceptors (Lipinski definition) is 4. The lowest BCUT2D eigenvalue weighted by atomic mass is 10.2. The van der Waals surface area contributed by atoms with Gasteiger partial charge >= 0.3 is 0 Å². The quantitative estimate of drug-likeness (QED) is 0.701. The summed E-state index contributed by atoms with van der Waals surface area (Å²) < 4.78 is 0. The second kappa shape index (κ2) is 7.20. The summed E-state index contributed by atoms with van der Waals surface area (Å²) in [7, 11) is 0. The summed E-state index contributed by atoms with van der Waals surface area (Å²) in [6.07, 6.45) is 1.91. The average Bonchev–Trinajstić information content (AvgIpc) is 2.34. The molecule has 0 aromatic heterocycles. The molecule has 0 atom stereocenters. The summed E-state index contributed by atoms with van der Waals surface area (Å²) in [5, 5.41) is 8.48. The van der Waals surface area contributed by atoms with Crippen molar-refractivity contribution in [2.75, 3.05) is 39.3 Å². The SMILES string of the molecule is N#CCCN1CCN(C(=O)CCCN)CC1. The summed E-state index contributed by atoms with van der Waals surface area (Å²) in [6, 6.07) is 2.14. The third-order valence-corrected chi connectivity index (χ3v) is 2.86. The Kier molecular flexibility index (Phi) is 5.83. The average molecular weight is 224 g/mol. The molecule has 1 fully saturated rings. The molecule has 90 valence electrons. The Hall–Kier alpha value is -1.12. The zero-order valence-corrected chi connectivity index (χ0v) is 9.69.